The first-order valence-electron chi connectivity index (χ1n) is 17.1. The van der Waals surface area contributed by atoms with Crippen molar-refractivity contribution in [1.29, 1.82) is 0 Å². The van der Waals surface area contributed by atoms with Gasteiger partial charge >= 0.3 is 0 Å². The number of carbonyl (C=O) groups is 1. The summed E-state index contributed by atoms with van der Waals surface area (Å²) in [5.41, 5.74) is 5.60. The van der Waals surface area contributed by atoms with Crippen molar-refractivity contribution in [2.45, 2.75) is 31.7 Å². The van der Waals surface area contributed by atoms with Crippen LogP contribution in [-0.2, 0) is 18.3 Å². The van der Waals surface area contributed by atoms with E-state index in [9.17, 15) is 14.7 Å². The third-order valence-electron chi connectivity index (χ3n) is 10.1. The average Bonchev–Trinajstić information content (AvgIpc) is 3.80. The Labute approximate surface area is 305 Å². The Kier molecular flexibility index (Phi) is 10.2. The Bertz CT molecular complexity index is 2160. The molecule has 264 valence electrons. The summed E-state index contributed by atoms with van der Waals surface area (Å²) in [6, 6.07) is 15.5. The topological polar surface area (TPSA) is 126 Å². The number of anilines is 2. The lowest BCUT2D eigenvalue weighted by atomic mass is 9.99. The molecule has 2 N–H and O–H groups in total. The number of rotatable bonds is 12. The lowest BCUT2D eigenvalue weighted by Gasteiger charge is -2.26. The first-order valence-corrected chi connectivity index (χ1v) is 17.8. The number of amides is 1. The number of methoxy groups -OCH3 is 1. The molecule has 13 heteroatoms. The van der Waals surface area contributed by atoms with Crippen molar-refractivity contribution in [3.05, 3.63) is 92.5 Å². The van der Waals surface area contributed by atoms with E-state index in [1.807, 2.05) is 36.4 Å². The first-order chi connectivity index (χ1) is 24.8. The van der Waals surface area contributed by atoms with Gasteiger partial charge in [-0.3, -0.25) is 14.5 Å². The average molecular weight is 729 g/mol. The minimum atomic E-state index is -0.267. The van der Waals surface area contributed by atoms with Gasteiger partial charge in [0.25, 0.3) is 5.56 Å². The summed E-state index contributed by atoms with van der Waals surface area (Å²) in [4.78, 5) is 37.9. The number of halogens is 2. The van der Waals surface area contributed by atoms with Crippen molar-refractivity contribution < 1.29 is 14.6 Å². The van der Waals surface area contributed by atoms with Crippen molar-refractivity contribution in [2.75, 3.05) is 45.2 Å². The SMILES string of the molecule is COc1nc(-c2cccc(-c3cccc(Nc4nccc5cnn(C)c(=O)c45)c3Cl)c2Cl)cc2c1C(N1CCC(CCN(C=O)CCO)C1)CC2. The van der Waals surface area contributed by atoms with Crippen LogP contribution in [0.3, 0.4) is 0 Å². The molecule has 1 amide bonds. The second-order valence-corrected chi connectivity index (χ2v) is 13.9. The van der Waals surface area contributed by atoms with Gasteiger partial charge in [0.05, 0.1) is 46.7 Å². The predicted molar refractivity (Wildman–Crippen MR) is 200 cm³/mol. The Morgan fingerprint density at radius 2 is 1.86 bits per heavy atom. The molecule has 0 bridgehead atoms. The maximum Gasteiger partial charge on any atom is 0.278 e. The quantitative estimate of drug-likeness (QED) is 0.143. The van der Waals surface area contributed by atoms with Crippen molar-refractivity contribution in [3.8, 4) is 28.3 Å². The van der Waals surface area contributed by atoms with E-state index in [1.165, 1.54) is 10.2 Å². The number of aliphatic hydroxyl groups excluding tert-OH is 1. The Morgan fingerprint density at radius 1 is 1.08 bits per heavy atom. The molecule has 0 spiro atoms. The zero-order chi connectivity index (χ0) is 35.6. The largest absolute Gasteiger partial charge is 0.481 e. The third-order valence-corrected chi connectivity index (χ3v) is 10.9. The van der Waals surface area contributed by atoms with E-state index in [1.54, 1.807) is 37.5 Å². The fourth-order valence-corrected chi connectivity index (χ4v) is 8.08. The summed E-state index contributed by atoms with van der Waals surface area (Å²) in [6.45, 7) is 2.94. The van der Waals surface area contributed by atoms with Crippen molar-refractivity contribution in [1.82, 2.24) is 29.5 Å². The molecule has 11 nitrogen and oxygen atoms in total. The van der Waals surface area contributed by atoms with E-state index in [0.29, 0.717) is 62.8 Å². The number of benzene rings is 2. The highest BCUT2D eigenvalue weighted by Crippen LogP contribution is 2.46. The van der Waals surface area contributed by atoms with E-state index in [-0.39, 0.29) is 18.2 Å². The van der Waals surface area contributed by atoms with Crippen LogP contribution in [0.15, 0.2) is 65.7 Å². The van der Waals surface area contributed by atoms with E-state index < -0.39 is 0 Å². The number of aromatic nitrogens is 4. The van der Waals surface area contributed by atoms with Gasteiger partial charge in [0, 0.05) is 66.6 Å². The van der Waals surface area contributed by atoms with Gasteiger partial charge in [-0.1, -0.05) is 53.5 Å². The predicted octanol–water partition coefficient (Wildman–Crippen LogP) is 6.27. The van der Waals surface area contributed by atoms with Crippen LogP contribution in [0, 0.1) is 5.92 Å². The Hall–Kier alpha value is -4.55. The second kappa shape index (κ2) is 15.0. The number of pyridine rings is 2. The zero-order valence-corrected chi connectivity index (χ0v) is 30.0. The van der Waals surface area contributed by atoms with Gasteiger partial charge in [-0.25, -0.2) is 14.6 Å². The number of nitrogens with one attached hydrogen (secondary N) is 1. The summed E-state index contributed by atoms with van der Waals surface area (Å²) >= 11 is 14.2. The molecule has 1 aliphatic carbocycles. The molecule has 2 aromatic carbocycles. The minimum Gasteiger partial charge on any atom is -0.481 e. The normalized spacial score (nSPS) is 17.1. The van der Waals surface area contributed by atoms with Gasteiger partial charge in [0.1, 0.15) is 5.82 Å². The molecule has 1 saturated heterocycles. The maximum absolute atomic E-state index is 13.0. The molecule has 5 aromatic rings. The van der Waals surface area contributed by atoms with Crippen molar-refractivity contribution in [3.63, 3.8) is 0 Å². The fraction of sp³-hybridized carbons (Fsp3) is 0.342. The number of ether oxygens (including phenoxy) is 1. The number of hydrogen-bond donors (Lipinski definition) is 2. The molecular formula is C38H39Cl2N7O4. The molecule has 0 saturated carbocycles. The van der Waals surface area contributed by atoms with E-state index in [4.69, 9.17) is 32.9 Å². The van der Waals surface area contributed by atoms with Crippen LogP contribution in [0.4, 0.5) is 11.5 Å². The molecule has 2 unspecified atom stereocenters. The third kappa shape index (κ3) is 6.79. The molecule has 7 rings (SSSR count). The molecular weight excluding hydrogens is 689 g/mol. The number of fused-ring (bicyclic) bond motifs is 2. The second-order valence-electron chi connectivity index (χ2n) is 13.1. The van der Waals surface area contributed by atoms with E-state index >= 15 is 0 Å². The standard InChI is InChI=1S/C38H39Cl2N7O4/c1-45-38(50)33-25(20-42-45)11-14-41-36(33)43-29-8-4-6-27(35(29)40)26-5-3-7-28(34(26)39)30-19-24-9-10-31(32(24)37(44-30)51-2)47-16-13-23(21-47)12-15-46(22-49)17-18-48/h3-8,11,14,19-20,22-23,31,48H,9-10,12-13,15-18,21H2,1-2H3,(H,41,43). The summed E-state index contributed by atoms with van der Waals surface area (Å²) in [5, 5.41) is 18.6. The van der Waals surface area contributed by atoms with Crippen LogP contribution in [-0.4, -0.2) is 81.0 Å². The zero-order valence-electron chi connectivity index (χ0n) is 28.5. The number of nitrogens with zero attached hydrogens (tertiary/aromatic N) is 6. The minimum absolute atomic E-state index is 0.0236. The molecule has 1 fully saturated rings. The van der Waals surface area contributed by atoms with Crippen LogP contribution < -0.4 is 15.6 Å². The Balaban J connectivity index is 1.15. The van der Waals surface area contributed by atoms with Crippen LogP contribution in [0.1, 0.15) is 36.4 Å². The summed E-state index contributed by atoms with van der Waals surface area (Å²) in [5.74, 6) is 1.48. The van der Waals surface area contributed by atoms with Gasteiger partial charge in [-0.05, 0) is 61.9 Å². The molecule has 1 aliphatic heterocycles. The summed E-state index contributed by atoms with van der Waals surface area (Å²) < 4.78 is 7.21. The highest BCUT2D eigenvalue weighted by atomic mass is 35.5. The highest BCUT2D eigenvalue weighted by molar-refractivity contribution is 6.39. The molecule has 2 aliphatic rings. The number of aliphatic hydroxyl groups is 1. The molecule has 0 radical (unpaired) electrons. The first kappa shape index (κ1) is 34.9. The van der Waals surface area contributed by atoms with E-state index in [2.05, 4.69) is 26.4 Å². The molecule has 2 atom stereocenters. The van der Waals surface area contributed by atoms with Gasteiger partial charge in [-0.15, -0.1) is 0 Å². The lowest BCUT2D eigenvalue weighted by molar-refractivity contribution is -0.118. The number of hydrogen-bond acceptors (Lipinski definition) is 9. The summed E-state index contributed by atoms with van der Waals surface area (Å²) in [6.07, 6.45) is 7.94. The monoisotopic (exact) mass is 727 g/mol. The lowest BCUT2D eigenvalue weighted by Crippen LogP contribution is -2.29. The van der Waals surface area contributed by atoms with Gasteiger partial charge in [-0.2, -0.15) is 5.10 Å². The van der Waals surface area contributed by atoms with Gasteiger partial charge in [0.15, 0.2) is 0 Å². The van der Waals surface area contributed by atoms with E-state index in [0.717, 1.165) is 67.6 Å². The van der Waals surface area contributed by atoms with Gasteiger partial charge < -0.3 is 20.1 Å². The number of carbonyl (C=O) groups excluding carboxylic acids is 1. The van der Waals surface area contributed by atoms with Crippen molar-refractivity contribution >= 4 is 51.9 Å². The number of likely N-dealkylation sites (tertiary alicyclic amines) is 1. The van der Waals surface area contributed by atoms with Crippen molar-refractivity contribution in [2.24, 2.45) is 13.0 Å². The fourth-order valence-electron chi connectivity index (χ4n) is 7.48. The molecule has 3 aromatic heterocycles. The maximum atomic E-state index is 13.0. The summed E-state index contributed by atoms with van der Waals surface area (Å²) in [7, 11) is 3.26. The molecule has 4 heterocycles. The Morgan fingerprint density at radius 3 is 2.65 bits per heavy atom. The van der Waals surface area contributed by atoms with Crippen LogP contribution >= 0.6 is 23.2 Å². The molecule has 51 heavy (non-hydrogen) atoms. The number of aryl methyl sites for hydroxylation is 2. The van der Waals surface area contributed by atoms with Gasteiger partial charge in [0.2, 0.25) is 12.3 Å². The highest BCUT2D eigenvalue weighted by Gasteiger charge is 2.36. The van der Waals surface area contributed by atoms with Crippen LogP contribution in [0.2, 0.25) is 10.0 Å². The van der Waals surface area contributed by atoms with Crippen LogP contribution in [0.5, 0.6) is 5.88 Å². The smallest absolute Gasteiger partial charge is 0.278 e. The van der Waals surface area contributed by atoms with Crippen LogP contribution in [0.25, 0.3) is 33.2 Å².